The van der Waals surface area contributed by atoms with Crippen molar-refractivity contribution in [1.29, 1.82) is 0 Å². The molecule has 0 spiro atoms. The number of rotatable bonds is 5. The molecular weight excluding hydrogens is 292 g/mol. The smallest absolute Gasteiger partial charge is 0.126 e. The van der Waals surface area contributed by atoms with Crippen LogP contribution in [-0.2, 0) is 6.42 Å². The summed E-state index contributed by atoms with van der Waals surface area (Å²) in [6.07, 6.45) is 1.95. The van der Waals surface area contributed by atoms with Gasteiger partial charge in [0.15, 0.2) is 0 Å². The van der Waals surface area contributed by atoms with E-state index in [1.807, 2.05) is 42.5 Å². The van der Waals surface area contributed by atoms with Crippen molar-refractivity contribution < 1.29 is 5.11 Å². The second-order valence-electron chi connectivity index (χ2n) is 4.09. The number of aromatic nitrogens is 1. The molecule has 0 aliphatic carbocycles. The van der Waals surface area contributed by atoms with Crippen molar-refractivity contribution in [2.24, 2.45) is 0 Å². The fourth-order valence-electron chi connectivity index (χ4n) is 1.66. The Morgan fingerprint density at radius 3 is 2.61 bits per heavy atom. The third kappa shape index (κ3) is 4.13. The van der Waals surface area contributed by atoms with Gasteiger partial charge >= 0.3 is 0 Å². The lowest BCUT2D eigenvalue weighted by Crippen LogP contribution is -2.22. The molecule has 18 heavy (non-hydrogen) atoms. The van der Waals surface area contributed by atoms with Gasteiger partial charge in [-0.05, 0) is 33.6 Å². The summed E-state index contributed by atoms with van der Waals surface area (Å²) in [7, 11) is 0. The van der Waals surface area contributed by atoms with Crippen LogP contribution in [0.15, 0.2) is 53.1 Å². The summed E-state index contributed by atoms with van der Waals surface area (Å²) < 4.78 is 0.942. The van der Waals surface area contributed by atoms with Gasteiger partial charge < -0.3 is 10.4 Å². The van der Waals surface area contributed by atoms with E-state index in [2.05, 4.69) is 26.2 Å². The Labute approximate surface area is 115 Å². The van der Waals surface area contributed by atoms with Crippen LogP contribution >= 0.6 is 15.9 Å². The van der Waals surface area contributed by atoms with Crippen molar-refractivity contribution in [3.8, 4) is 0 Å². The standard InChI is InChI=1S/C14H15BrN2O/c15-12-6-7-14(16-9-12)17-10-13(18)8-11-4-2-1-3-5-11/h1-7,9,13,18H,8,10H2,(H,16,17). The molecule has 1 atom stereocenters. The number of nitrogens with one attached hydrogen (secondary N) is 1. The van der Waals surface area contributed by atoms with E-state index < -0.39 is 6.10 Å². The molecule has 2 N–H and O–H groups in total. The summed E-state index contributed by atoms with van der Waals surface area (Å²) in [4.78, 5) is 4.19. The summed E-state index contributed by atoms with van der Waals surface area (Å²) in [5, 5.41) is 13.0. The van der Waals surface area contributed by atoms with E-state index in [0.29, 0.717) is 13.0 Å². The molecule has 0 aliphatic heterocycles. The zero-order chi connectivity index (χ0) is 12.8. The monoisotopic (exact) mass is 306 g/mol. The van der Waals surface area contributed by atoms with Crippen LogP contribution in [0.1, 0.15) is 5.56 Å². The third-order valence-electron chi connectivity index (χ3n) is 2.56. The number of aliphatic hydroxyl groups excluding tert-OH is 1. The maximum atomic E-state index is 9.92. The molecule has 0 aliphatic rings. The molecule has 3 nitrogen and oxygen atoms in total. The highest BCUT2D eigenvalue weighted by Gasteiger charge is 2.05. The first-order valence-electron chi connectivity index (χ1n) is 5.81. The first kappa shape index (κ1) is 13.1. The van der Waals surface area contributed by atoms with Gasteiger partial charge in [-0.25, -0.2) is 4.98 Å². The number of hydrogen-bond acceptors (Lipinski definition) is 3. The van der Waals surface area contributed by atoms with Crippen molar-refractivity contribution in [2.75, 3.05) is 11.9 Å². The lowest BCUT2D eigenvalue weighted by molar-refractivity contribution is 0.188. The number of nitrogens with zero attached hydrogens (tertiary/aromatic N) is 1. The Hall–Kier alpha value is -1.39. The van der Waals surface area contributed by atoms with Gasteiger partial charge in [-0.1, -0.05) is 30.3 Å². The minimum Gasteiger partial charge on any atom is -0.391 e. The van der Waals surface area contributed by atoms with E-state index >= 15 is 0 Å². The van der Waals surface area contributed by atoms with Crippen LogP contribution in [0.5, 0.6) is 0 Å². The minimum atomic E-state index is -0.419. The molecule has 0 fully saturated rings. The van der Waals surface area contributed by atoms with Gasteiger partial charge in [-0.3, -0.25) is 0 Å². The molecule has 1 unspecified atom stereocenters. The highest BCUT2D eigenvalue weighted by Crippen LogP contribution is 2.10. The average molecular weight is 307 g/mol. The van der Waals surface area contributed by atoms with E-state index in [1.54, 1.807) is 6.20 Å². The molecule has 0 radical (unpaired) electrons. The predicted octanol–water partition coefficient (Wildman–Crippen LogP) is 2.86. The first-order valence-corrected chi connectivity index (χ1v) is 6.61. The Morgan fingerprint density at radius 1 is 1.17 bits per heavy atom. The van der Waals surface area contributed by atoms with Crippen molar-refractivity contribution in [3.63, 3.8) is 0 Å². The molecule has 94 valence electrons. The van der Waals surface area contributed by atoms with E-state index in [0.717, 1.165) is 15.9 Å². The first-order chi connectivity index (χ1) is 8.74. The predicted molar refractivity (Wildman–Crippen MR) is 76.6 cm³/mol. The molecule has 1 heterocycles. The number of benzene rings is 1. The van der Waals surface area contributed by atoms with Crippen LogP contribution in [0.25, 0.3) is 0 Å². The van der Waals surface area contributed by atoms with Gasteiger partial charge in [0.25, 0.3) is 0 Å². The van der Waals surface area contributed by atoms with Crippen LogP contribution < -0.4 is 5.32 Å². The quantitative estimate of drug-likeness (QED) is 0.893. The molecule has 4 heteroatoms. The summed E-state index contributed by atoms with van der Waals surface area (Å²) >= 11 is 3.33. The van der Waals surface area contributed by atoms with Gasteiger partial charge in [-0.2, -0.15) is 0 Å². The van der Waals surface area contributed by atoms with Crippen LogP contribution in [0.4, 0.5) is 5.82 Å². The second kappa shape index (κ2) is 6.52. The molecule has 2 rings (SSSR count). The van der Waals surface area contributed by atoms with Gasteiger partial charge in [-0.15, -0.1) is 0 Å². The minimum absolute atomic E-state index is 0.419. The Bertz CT molecular complexity index is 473. The molecule has 0 saturated heterocycles. The highest BCUT2D eigenvalue weighted by molar-refractivity contribution is 9.10. The summed E-state index contributed by atoms with van der Waals surface area (Å²) in [5.41, 5.74) is 1.13. The number of pyridine rings is 1. The zero-order valence-corrected chi connectivity index (χ0v) is 11.5. The maximum absolute atomic E-state index is 9.92. The van der Waals surface area contributed by atoms with Gasteiger partial charge in [0.05, 0.1) is 6.10 Å². The Kier molecular flexibility index (Phi) is 4.73. The van der Waals surface area contributed by atoms with Crippen molar-refractivity contribution in [1.82, 2.24) is 4.98 Å². The summed E-state index contributed by atoms with van der Waals surface area (Å²) in [6.45, 7) is 0.490. The largest absolute Gasteiger partial charge is 0.391 e. The highest BCUT2D eigenvalue weighted by atomic mass is 79.9. The van der Waals surface area contributed by atoms with Crippen LogP contribution in [0.2, 0.25) is 0 Å². The van der Waals surface area contributed by atoms with Crippen molar-refractivity contribution in [2.45, 2.75) is 12.5 Å². The SMILES string of the molecule is OC(CNc1ccc(Br)cn1)Cc1ccccc1. The Balaban J connectivity index is 1.81. The third-order valence-corrected chi connectivity index (χ3v) is 3.03. The van der Waals surface area contributed by atoms with E-state index in [-0.39, 0.29) is 0 Å². The summed E-state index contributed by atoms with van der Waals surface area (Å²) in [6, 6.07) is 13.7. The van der Waals surface area contributed by atoms with E-state index in [1.165, 1.54) is 0 Å². The molecular formula is C14H15BrN2O. The maximum Gasteiger partial charge on any atom is 0.126 e. The van der Waals surface area contributed by atoms with Crippen LogP contribution in [0.3, 0.4) is 0 Å². The van der Waals surface area contributed by atoms with Gasteiger partial charge in [0.1, 0.15) is 5.82 Å². The normalized spacial score (nSPS) is 12.1. The second-order valence-corrected chi connectivity index (χ2v) is 5.00. The van der Waals surface area contributed by atoms with E-state index in [4.69, 9.17) is 0 Å². The number of aliphatic hydroxyl groups is 1. The fourth-order valence-corrected chi connectivity index (χ4v) is 1.90. The Morgan fingerprint density at radius 2 is 1.94 bits per heavy atom. The topological polar surface area (TPSA) is 45.1 Å². The summed E-state index contributed by atoms with van der Waals surface area (Å²) in [5.74, 6) is 0.769. The van der Waals surface area contributed by atoms with Crippen molar-refractivity contribution >= 4 is 21.7 Å². The molecule has 1 aromatic heterocycles. The van der Waals surface area contributed by atoms with Crippen LogP contribution in [0, 0.1) is 0 Å². The lowest BCUT2D eigenvalue weighted by Gasteiger charge is -2.12. The molecule has 2 aromatic rings. The number of halogens is 1. The van der Waals surface area contributed by atoms with Gasteiger partial charge in [0.2, 0.25) is 0 Å². The number of anilines is 1. The zero-order valence-electron chi connectivity index (χ0n) is 9.88. The number of hydrogen-bond donors (Lipinski definition) is 2. The lowest BCUT2D eigenvalue weighted by atomic mass is 10.1. The van der Waals surface area contributed by atoms with Gasteiger partial charge in [0, 0.05) is 23.6 Å². The van der Waals surface area contributed by atoms with Crippen molar-refractivity contribution in [3.05, 3.63) is 58.7 Å². The molecule has 0 saturated carbocycles. The molecule has 1 aromatic carbocycles. The van der Waals surface area contributed by atoms with Crippen LogP contribution in [-0.4, -0.2) is 22.7 Å². The fraction of sp³-hybridized carbons (Fsp3) is 0.214. The molecule has 0 amide bonds. The average Bonchev–Trinajstić information content (AvgIpc) is 2.39. The van der Waals surface area contributed by atoms with E-state index in [9.17, 15) is 5.11 Å². The molecule has 0 bridgehead atoms.